The zero-order valence-corrected chi connectivity index (χ0v) is 17.8. The lowest BCUT2D eigenvalue weighted by Crippen LogP contribution is -2.44. The minimum Gasteiger partial charge on any atom is -0.458 e. The topological polar surface area (TPSA) is 107 Å². The minimum atomic E-state index is -1.89. The quantitative estimate of drug-likeness (QED) is 0.445. The number of hydrogen-bond acceptors (Lipinski definition) is 6. The van der Waals surface area contributed by atoms with E-state index in [1.54, 1.807) is 24.5 Å². The van der Waals surface area contributed by atoms with Crippen LogP contribution in [0.25, 0.3) is 22.3 Å². The molecular formula is C24H22FN3O4. The molecular weight excluding hydrogens is 413 g/mol. The Balaban J connectivity index is 1.70. The van der Waals surface area contributed by atoms with Crippen LogP contribution in [0.2, 0.25) is 0 Å². The number of hydrogen-bond donors (Lipinski definition) is 2. The number of cyclic esters (lactones) is 1. The highest BCUT2D eigenvalue weighted by Gasteiger charge is 2.45. The molecule has 0 radical (unpaired) electrons. The first-order valence-electron chi connectivity index (χ1n) is 10.8. The van der Waals surface area contributed by atoms with E-state index in [0.717, 1.165) is 22.1 Å². The highest BCUT2D eigenvalue weighted by molar-refractivity contribution is 5.93. The van der Waals surface area contributed by atoms with Crippen molar-refractivity contribution in [2.24, 2.45) is 5.73 Å². The van der Waals surface area contributed by atoms with Crippen LogP contribution in [-0.2, 0) is 34.7 Å². The number of fused-ring (bicyclic) bond motifs is 5. The second-order valence-electron chi connectivity index (χ2n) is 8.96. The van der Waals surface area contributed by atoms with E-state index in [2.05, 4.69) is 0 Å². The van der Waals surface area contributed by atoms with E-state index < -0.39 is 11.6 Å². The van der Waals surface area contributed by atoms with Gasteiger partial charge in [-0.15, -0.1) is 0 Å². The number of pyridine rings is 2. The molecule has 6 rings (SSSR count). The first-order valence-corrected chi connectivity index (χ1v) is 10.8. The molecule has 0 bridgehead atoms. The highest BCUT2D eigenvalue weighted by atomic mass is 19.1. The predicted molar refractivity (Wildman–Crippen MR) is 114 cm³/mol. The van der Waals surface area contributed by atoms with Crippen LogP contribution in [0.1, 0.15) is 59.2 Å². The summed E-state index contributed by atoms with van der Waals surface area (Å²) < 4.78 is 21.4. The molecule has 3 aromatic rings. The van der Waals surface area contributed by atoms with Crippen molar-refractivity contribution in [1.29, 1.82) is 0 Å². The van der Waals surface area contributed by atoms with Crippen LogP contribution in [0.15, 0.2) is 16.9 Å². The Hall–Kier alpha value is -3.10. The Kier molecular flexibility index (Phi) is 3.81. The molecule has 3 N–H and O–H groups in total. The highest BCUT2D eigenvalue weighted by Crippen LogP contribution is 2.45. The van der Waals surface area contributed by atoms with Crippen LogP contribution in [0.4, 0.5) is 4.39 Å². The largest absolute Gasteiger partial charge is 0.458 e. The van der Waals surface area contributed by atoms with E-state index in [1.807, 2.05) is 0 Å². The van der Waals surface area contributed by atoms with E-state index >= 15 is 0 Å². The summed E-state index contributed by atoms with van der Waals surface area (Å²) in [5, 5.41) is 11.9. The van der Waals surface area contributed by atoms with Crippen LogP contribution in [0.3, 0.4) is 0 Å². The van der Waals surface area contributed by atoms with E-state index in [4.69, 9.17) is 15.5 Å². The molecule has 32 heavy (non-hydrogen) atoms. The van der Waals surface area contributed by atoms with Gasteiger partial charge in [0.25, 0.3) is 5.56 Å². The Morgan fingerprint density at radius 1 is 1.31 bits per heavy atom. The van der Waals surface area contributed by atoms with Gasteiger partial charge in [-0.3, -0.25) is 4.79 Å². The zero-order chi connectivity index (χ0) is 22.5. The van der Waals surface area contributed by atoms with E-state index in [9.17, 15) is 19.1 Å². The molecule has 4 heterocycles. The lowest BCUT2D eigenvalue weighted by atomic mass is 9.82. The lowest BCUT2D eigenvalue weighted by Gasteiger charge is -2.31. The number of halogens is 1. The van der Waals surface area contributed by atoms with Gasteiger partial charge >= 0.3 is 5.97 Å². The smallest absolute Gasteiger partial charge is 0.343 e. The van der Waals surface area contributed by atoms with Crippen molar-refractivity contribution in [3.63, 3.8) is 0 Å². The number of carbonyl (C=O) groups is 1. The summed E-state index contributed by atoms with van der Waals surface area (Å²) >= 11 is 0. The molecule has 3 aliphatic rings. The van der Waals surface area contributed by atoms with Gasteiger partial charge in [-0.05, 0) is 48.9 Å². The molecule has 1 aliphatic carbocycles. The summed E-state index contributed by atoms with van der Waals surface area (Å²) in [7, 11) is 0. The number of benzene rings is 1. The molecule has 7 nitrogen and oxygen atoms in total. The third kappa shape index (κ3) is 2.23. The SMILES string of the molecule is CC[C@]1(O)C(=O)OCc2c1cc1n(c2=O)Cc2c-1nc1cc(F)c(C)c3c1c2[C@@H](N)CC3. The molecule has 0 amide bonds. The summed E-state index contributed by atoms with van der Waals surface area (Å²) in [4.78, 5) is 30.5. The molecule has 2 aliphatic heterocycles. The molecule has 164 valence electrons. The third-order valence-corrected chi connectivity index (χ3v) is 7.42. The van der Waals surface area contributed by atoms with Crippen molar-refractivity contribution in [3.8, 4) is 11.4 Å². The van der Waals surface area contributed by atoms with Gasteiger partial charge < -0.3 is 20.1 Å². The molecule has 2 atom stereocenters. The molecule has 0 saturated carbocycles. The first kappa shape index (κ1) is 19.6. The van der Waals surface area contributed by atoms with Gasteiger partial charge in [-0.1, -0.05) is 6.92 Å². The second-order valence-corrected chi connectivity index (χ2v) is 8.96. The average molecular weight is 435 g/mol. The van der Waals surface area contributed by atoms with Crippen molar-refractivity contribution < 1.29 is 19.0 Å². The summed E-state index contributed by atoms with van der Waals surface area (Å²) in [5.74, 6) is -1.08. The minimum absolute atomic E-state index is 0.0731. The van der Waals surface area contributed by atoms with Gasteiger partial charge in [0.1, 0.15) is 12.4 Å². The van der Waals surface area contributed by atoms with Crippen LogP contribution >= 0.6 is 0 Å². The number of nitrogens with two attached hydrogens (primary N) is 1. The number of ether oxygens (including phenoxy) is 1. The Labute approximate surface area is 182 Å². The van der Waals surface area contributed by atoms with Crippen molar-refractivity contribution >= 4 is 16.9 Å². The summed E-state index contributed by atoms with van der Waals surface area (Å²) in [6, 6.07) is 2.84. The molecule has 0 spiro atoms. The van der Waals surface area contributed by atoms with Gasteiger partial charge in [-0.2, -0.15) is 0 Å². The fourth-order valence-electron chi connectivity index (χ4n) is 5.59. The molecule has 0 fully saturated rings. The fraction of sp³-hybridized carbons (Fsp3) is 0.375. The average Bonchev–Trinajstić information content (AvgIpc) is 3.14. The van der Waals surface area contributed by atoms with Crippen LogP contribution in [0.5, 0.6) is 0 Å². The van der Waals surface area contributed by atoms with Crippen molar-refractivity contribution in [2.45, 2.75) is 57.9 Å². The number of aromatic nitrogens is 2. The van der Waals surface area contributed by atoms with Gasteiger partial charge in [0.05, 0.1) is 29.0 Å². The van der Waals surface area contributed by atoms with E-state index in [1.165, 1.54) is 6.07 Å². The third-order valence-electron chi connectivity index (χ3n) is 7.42. The number of aliphatic hydroxyl groups is 1. The summed E-state index contributed by atoms with van der Waals surface area (Å²) in [6.07, 6.45) is 1.44. The van der Waals surface area contributed by atoms with Gasteiger partial charge in [0.15, 0.2) is 5.60 Å². The van der Waals surface area contributed by atoms with Crippen molar-refractivity contribution in [3.05, 3.63) is 61.7 Å². The van der Waals surface area contributed by atoms with Gasteiger partial charge in [0, 0.05) is 28.6 Å². The van der Waals surface area contributed by atoms with Crippen LogP contribution < -0.4 is 11.3 Å². The number of aryl methyl sites for hydroxylation is 1. The standard InChI is InChI=1S/C24H22FN3O4/c1-3-24(31)14-6-18-21-12(8-28(18)22(29)13(14)9-32-23(24)30)19-16(26)5-4-11-10(2)15(25)7-17(27-21)20(11)19/h6-7,16,31H,3-5,8-9,26H2,1-2H3/t16-,24+/m0/s1. The molecule has 8 heteroatoms. The van der Waals surface area contributed by atoms with Crippen molar-refractivity contribution in [1.82, 2.24) is 9.55 Å². The Morgan fingerprint density at radius 3 is 2.84 bits per heavy atom. The molecule has 0 saturated heterocycles. The zero-order valence-electron chi connectivity index (χ0n) is 17.8. The fourth-order valence-corrected chi connectivity index (χ4v) is 5.59. The Morgan fingerprint density at radius 2 is 2.09 bits per heavy atom. The first-order chi connectivity index (χ1) is 15.3. The van der Waals surface area contributed by atoms with Crippen LogP contribution in [-0.4, -0.2) is 20.6 Å². The number of carbonyl (C=O) groups excluding carboxylic acids is 1. The second kappa shape index (κ2) is 6.24. The maximum Gasteiger partial charge on any atom is 0.343 e. The number of nitrogens with zero attached hydrogens (tertiary/aromatic N) is 2. The number of esters is 1. The van der Waals surface area contributed by atoms with Gasteiger partial charge in [-0.25, -0.2) is 14.2 Å². The molecule has 0 unspecified atom stereocenters. The monoisotopic (exact) mass is 435 g/mol. The van der Waals surface area contributed by atoms with E-state index in [0.29, 0.717) is 35.3 Å². The van der Waals surface area contributed by atoms with E-state index in [-0.39, 0.29) is 48.1 Å². The maximum absolute atomic E-state index is 14.7. The normalized spacial score (nSPS) is 23.0. The van der Waals surface area contributed by atoms with Gasteiger partial charge in [0.2, 0.25) is 0 Å². The molecule has 1 aromatic carbocycles. The maximum atomic E-state index is 14.7. The lowest BCUT2D eigenvalue weighted by molar-refractivity contribution is -0.172. The summed E-state index contributed by atoms with van der Waals surface area (Å²) in [6.45, 7) is 3.55. The number of rotatable bonds is 1. The predicted octanol–water partition coefficient (Wildman–Crippen LogP) is 2.47. The summed E-state index contributed by atoms with van der Waals surface area (Å²) in [5.41, 5.74) is 9.72. The Bertz CT molecular complexity index is 1440. The van der Waals surface area contributed by atoms with Crippen molar-refractivity contribution in [2.75, 3.05) is 0 Å². The van der Waals surface area contributed by atoms with Crippen LogP contribution in [0, 0.1) is 12.7 Å². The molecule has 2 aromatic heterocycles.